The van der Waals surface area contributed by atoms with Gasteiger partial charge in [-0.25, -0.2) is 0 Å². The number of piperidine rings is 1. The first-order chi connectivity index (χ1) is 13.5. The van der Waals surface area contributed by atoms with Crippen molar-refractivity contribution in [1.82, 2.24) is 4.90 Å². The Morgan fingerprint density at radius 1 is 1.18 bits per heavy atom. The molecule has 28 heavy (non-hydrogen) atoms. The van der Waals surface area contributed by atoms with Gasteiger partial charge in [0.2, 0.25) is 0 Å². The Morgan fingerprint density at radius 2 is 1.86 bits per heavy atom. The van der Waals surface area contributed by atoms with Crippen LogP contribution in [0, 0.1) is 18.3 Å². The summed E-state index contributed by atoms with van der Waals surface area (Å²) >= 11 is 0. The number of anilines is 1. The normalized spacial score (nSPS) is 24.0. The summed E-state index contributed by atoms with van der Waals surface area (Å²) in [5.41, 5.74) is 3.64. The molecular formula is C23H25N3O2. The van der Waals surface area contributed by atoms with Crippen molar-refractivity contribution in [3.63, 3.8) is 0 Å². The smallest absolute Gasteiger partial charge is 0.255 e. The number of aliphatic hydroxyl groups is 1. The molecule has 0 aliphatic carbocycles. The van der Waals surface area contributed by atoms with Gasteiger partial charge >= 0.3 is 0 Å². The largest absolute Gasteiger partial charge is 0.393 e. The van der Waals surface area contributed by atoms with Gasteiger partial charge in [-0.3, -0.25) is 9.69 Å². The predicted octanol–water partition coefficient (Wildman–Crippen LogP) is 3.61. The van der Waals surface area contributed by atoms with E-state index in [1.165, 1.54) is 18.4 Å². The molecule has 5 nitrogen and oxygen atoms in total. The molecule has 2 aliphatic heterocycles. The second kappa shape index (κ2) is 7.75. The summed E-state index contributed by atoms with van der Waals surface area (Å²) in [4.78, 5) is 15.1. The van der Waals surface area contributed by atoms with Gasteiger partial charge in [-0.15, -0.1) is 0 Å². The van der Waals surface area contributed by atoms with E-state index in [2.05, 4.69) is 16.3 Å². The second-order valence-electron chi connectivity index (χ2n) is 7.94. The van der Waals surface area contributed by atoms with E-state index in [0.717, 1.165) is 24.9 Å². The van der Waals surface area contributed by atoms with Crippen molar-refractivity contribution in [2.24, 2.45) is 0 Å². The molecule has 2 saturated heterocycles. The summed E-state index contributed by atoms with van der Waals surface area (Å²) in [7, 11) is 0. The molecule has 4 rings (SSSR count). The average molecular weight is 375 g/mol. The molecule has 1 amide bonds. The van der Waals surface area contributed by atoms with Crippen LogP contribution in [0.4, 0.5) is 5.69 Å². The number of rotatable bonds is 4. The van der Waals surface area contributed by atoms with Gasteiger partial charge in [-0.05, 0) is 61.9 Å². The Morgan fingerprint density at radius 3 is 2.50 bits per heavy atom. The third kappa shape index (κ3) is 3.66. The van der Waals surface area contributed by atoms with Crippen molar-refractivity contribution in [2.75, 3.05) is 5.32 Å². The first-order valence-electron chi connectivity index (χ1n) is 9.89. The first kappa shape index (κ1) is 18.7. The number of nitrogens with zero attached hydrogens (tertiary/aromatic N) is 2. The molecule has 0 radical (unpaired) electrons. The van der Waals surface area contributed by atoms with E-state index in [0.29, 0.717) is 28.9 Å². The lowest BCUT2D eigenvalue weighted by molar-refractivity contribution is 0.0310. The molecule has 2 bridgehead atoms. The van der Waals surface area contributed by atoms with E-state index in [1.807, 2.05) is 43.3 Å². The van der Waals surface area contributed by atoms with Gasteiger partial charge in [0.25, 0.3) is 5.91 Å². The van der Waals surface area contributed by atoms with E-state index in [4.69, 9.17) is 0 Å². The highest BCUT2D eigenvalue weighted by Gasteiger charge is 2.39. The Balaban J connectivity index is 1.43. The second-order valence-corrected chi connectivity index (χ2v) is 7.94. The highest BCUT2D eigenvalue weighted by molar-refractivity contribution is 6.05. The van der Waals surface area contributed by atoms with Crippen LogP contribution in [-0.4, -0.2) is 34.1 Å². The number of fused-ring (bicyclic) bond motifs is 2. The van der Waals surface area contributed by atoms with Crippen molar-refractivity contribution in [3.8, 4) is 6.07 Å². The third-order valence-electron chi connectivity index (χ3n) is 6.07. The van der Waals surface area contributed by atoms with Crippen LogP contribution < -0.4 is 5.32 Å². The van der Waals surface area contributed by atoms with Crippen LogP contribution in [0.2, 0.25) is 0 Å². The summed E-state index contributed by atoms with van der Waals surface area (Å²) in [5.74, 6) is -0.213. The molecule has 3 atom stereocenters. The van der Waals surface area contributed by atoms with Crippen LogP contribution in [0.15, 0.2) is 42.5 Å². The zero-order valence-corrected chi connectivity index (χ0v) is 16.1. The fraction of sp³-hybridized carbons (Fsp3) is 0.391. The van der Waals surface area contributed by atoms with E-state index in [9.17, 15) is 15.2 Å². The van der Waals surface area contributed by atoms with Crippen LogP contribution in [0.5, 0.6) is 0 Å². The quantitative estimate of drug-likeness (QED) is 0.856. The topological polar surface area (TPSA) is 76.4 Å². The number of carbonyl (C=O) groups is 1. The van der Waals surface area contributed by atoms with Crippen molar-refractivity contribution in [2.45, 2.75) is 57.3 Å². The number of amides is 1. The number of benzene rings is 2. The highest BCUT2D eigenvalue weighted by Crippen LogP contribution is 2.36. The SMILES string of the molecule is Cc1cccc(NC(=O)c2ccc(CN3[C@@H]4CC[C@H]3CC(O)C4)cc2)c1C#N. The van der Waals surface area contributed by atoms with Crippen molar-refractivity contribution in [3.05, 3.63) is 64.7 Å². The Labute approximate surface area is 165 Å². The number of nitrogens with one attached hydrogen (secondary N) is 1. The summed E-state index contributed by atoms with van der Waals surface area (Å²) in [5, 5.41) is 22.1. The minimum Gasteiger partial charge on any atom is -0.393 e. The maximum absolute atomic E-state index is 12.6. The van der Waals surface area contributed by atoms with Crippen LogP contribution in [0.1, 0.15) is 52.7 Å². The molecular weight excluding hydrogens is 350 g/mol. The molecule has 2 fully saturated rings. The van der Waals surface area contributed by atoms with Crippen LogP contribution in [0.3, 0.4) is 0 Å². The zero-order chi connectivity index (χ0) is 19.7. The Bertz CT molecular complexity index is 902. The predicted molar refractivity (Wildman–Crippen MR) is 108 cm³/mol. The molecule has 144 valence electrons. The fourth-order valence-electron chi connectivity index (χ4n) is 4.59. The minimum atomic E-state index is -0.213. The van der Waals surface area contributed by atoms with Gasteiger partial charge in [0.05, 0.1) is 17.4 Å². The highest BCUT2D eigenvalue weighted by atomic mass is 16.3. The van der Waals surface area contributed by atoms with E-state index < -0.39 is 0 Å². The fourth-order valence-corrected chi connectivity index (χ4v) is 4.59. The van der Waals surface area contributed by atoms with Gasteiger partial charge in [0, 0.05) is 24.2 Å². The summed E-state index contributed by atoms with van der Waals surface area (Å²) < 4.78 is 0. The van der Waals surface area contributed by atoms with Crippen molar-refractivity contribution in [1.29, 1.82) is 5.26 Å². The summed E-state index contributed by atoms with van der Waals surface area (Å²) in [6, 6.07) is 16.2. The minimum absolute atomic E-state index is 0.153. The van der Waals surface area contributed by atoms with E-state index in [1.54, 1.807) is 6.07 Å². The molecule has 2 aliphatic rings. The molecule has 0 aromatic heterocycles. The monoisotopic (exact) mass is 375 g/mol. The van der Waals surface area contributed by atoms with Gasteiger partial charge in [0.1, 0.15) is 6.07 Å². The van der Waals surface area contributed by atoms with E-state index >= 15 is 0 Å². The first-order valence-corrected chi connectivity index (χ1v) is 9.89. The van der Waals surface area contributed by atoms with Crippen LogP contribution in [-0.2, 0) is 6.54 Å². The average Bonchev–Trinajstić information content (AvgIpc) is 2.92. The number of carbonyl (C=O) groups excluding carboxylic acids is 1. The number of hydrogen-bond donors (Lipinski definition) is 2. The van der Waals surface area contributed by atoms with E-state index in [-0.39, 0.29) is 12.0 Å². The Hall–Kier alpha value is -2.68. The molecule has 5 heteroatoms. The van der Waals surface area contributed by atoms with Gasteiger partial charge in [-0.1, -0.05) is 24.3 Å². The lowest BCUT2D eigenvalue weighted by Crippen LogP contribution is -2.44. The molecule has 0 saturated carbocycles. The Kier molecular flexibility index (Phi) is 5.17. The van der Waals surface area contributed by atoms with Gasteiger partial charge in [-0.2, -0.15) is 5.26 Å². The molecule has 2 aromatic carbocycles. The molecule has 2 N–H and O–H groups in total. The lowest BCUT2D eigenvalue weighted by Gasteiger charge is -2.37. The van der Waals surface area contributed by atoms with Crippen molar-refractivity contribution >= 4 is 11.6 Å². The molecule has 2 aromatic rings. The summed E-state index contributed by atoms with van der Waals surface area (Å²) in [6.45, 7) is 2.72. The van der Waals surface area contributed by atoms with Crippen LogP contribution >= 0.6 is 0 Å². The lowest BCUT2D eigenvalue weighted by atomic mass is 9.99. The molecule has 2 heterocycles. The maximum atomic E-state index is 12.6. The number of aryl methyl sites for hydroxylation is 1. The zero-order valence-electron chi connectivity index (χ0n) is 16.1. The van der Waals surface area contributed by atoms with Crippen molar-refractivity contribution < 1.29 is 9.90 Å². The number of aliphatic hydroxyl groups excluding tert-OH is 1. The van der Waals surface area contributed by atoms with Gasteiger partial charge in [0.15, 0.2) is 0 Å². The van der Waals surface area contributed by atoms with Gasteiger partial charge < -0.3 is 10.4 Å². The number of nitriles is 1. The van der Waals surface area contributed by atoms with Crippen LogP contribution in [0.25, 0.3) is 0 Å². The molecule has 1 unspecified atom stereocenters. The third-order valence-corrected chi connectivity index (χ3v) is 6.07. The number of hydrogen-bond acceptors (Lipinski definition) is 4. The maximum Gasteiger partial charge on any atom is 0.255 e. The standard InChI is InChI=1S/C23H25N3O2/c1-15-3-2-4-22(21(15)13-24)25-23(28)17-7-5-16(6-8-17)14-26-18-9-10-19(26)12-20(27)11-18/h2-8,18-20,27H,9-12,14H2,1H3,(H,25,28)/t18-,19+,20?. The molecule has 0 spiro atoms. The summed E-state index contributed by atoms with van der Waals surface area (Å²) in [6.07, 6.45) is 3.92.